The number of aliphatic hydroxyl groups is 1. The molecule has 0 radical (unpaired) electrons. The highest BCUT2D eigenvalue weighted by molar-refractivity contribution is 4.77. The Kier molecular flexibility index (Phi) is 6.45. The van der Waals surface area contributed by atoms with Crippen LogP contribution >= 0.6 is 0 Å². The van der Waals surface area contributed by atoms with Crippen LogP contribution in [0.25, 0.3) is 0 Å². The number of nitrogens with two attached hydrogens (primary N) is 1. The van der Waals surface area contributed by atoms with E-state index in [1.54, 1.807) is 0 Å². The van der Waals surface area contributed by atoms with Crippen LogP contribution in [0.1, 0.15) is 51.9 Å². The van der Waals surface area contributed by atoms with Gasteiger partial charge in [0.2, 0.25) is 0 Å². The molecule has 0 amide bonds. The van der Waals surface area contributed by atoms with E-state index in [4.69, 9.17) is 10.8 Å². The Hall–Kier alpha value is -0.120. The van der Waals surface area contributed by atoms with Crippen molar-refractivity contribution in [3.63, 3.8) is 0 Å². The molecule has 1 atom stereocenters. The molecule has 3 nitrogen and oxygen atoms in total. The Morgan fingerprint density at radius 1 is 1.29 bits per heavy atom. The van der Waals surface area contributed by atoms with Crippen LogP contribution in [0.3, 0.4) is 0 Å². The van der Waals surface area contributed by atoms with Crippen molar-refractivity contribution in [2.45, 2.75) is 57.4 Å². The summed E-state index contributed by atoms with van der Waals surface area (Å²) in [5.41, 5.74) is 5.52. The van der Waals surface area contributed by atoms with Gasteiger partial charge in [-0.3, -0.25) is 0 Å². The van der Waals surface area contributed by atoms with E-state index in [0.717, 1.165) is 25.3 Å². The molecule has 3 heteroatoms. The van der Waals surface area contributed by atoms with E-state index in [0.29, 0.717) is 0 Å². The van der Waals surface area contributed by atoms with Gasteiger partial charge in [0, 0.05) is 12.1 Å². The van der Waals surface area contributed by atoms with E-state index in [-0.39, 0.29) is 6.61 Å². The predicted molar refractivity (Wildman–Crippen MR) is 73.0 cm³/mol. The fraction of sp³-hybridized carbons (Fsp3) is 1.00. The minimum Gasteiger partial charge on any atom is -0.394 e. The molecule has 1 saturated carbocycles. The Morgan fingerprint density at radius 2 is 1.94 bits per heavy atom. The first-order valence-corrected chi connectivity index (χ1v) is 7.12. The van der Waals surface area contributed by atoms with E-state index in [1.807, 2.05) is 6.92 Å². The van der Waals surface area contributed by atoms with Crippen LogP contribution in [-0.4, -0.2) is 42.3 Å². The van der Waals surface area contributed by atoms with Crippen molar-refractivity contribution in [2.24, 2.45) is 11.7 Å². The number of aliphatic hydroxyl groups excluding tert-OH is 1. The van der Waals surface area contributed by atoms with Crippen LogP contribution in [-0.2, 0) is 0 Å². The molecular formula is C14H30N2O. The second-order valence-corrected chi connectivity index (χ2v) is 6.18. The van der Waals surface area contributed by atoms with E-state index in [1.165, 1.54) is 38.6 Å². The van der Waals surface area contributed by atoms with Gasteiger partial charge in [-0.15, -0.1) is 0 Å². The average Bonchev–Trinajstić information content (AvgIpc) is 2.30. The van der Waals surface area contributed by atoms with Gasteiger partial charge in [-0.25, -0.2) is 0 Å². The molecule has 3 N–H and O–H groups in total. The molecule has 0 heterocycles. The molecule has 0 spiro atoms. The Morgan fingerprint density at radius 3 is 2.53 bits per heavy atom. The van der Waals surface area contributed by atoms with E-state index >= 15 is 0 Å². The summed E-state index contributed by atoms with van der Waals surface area (Å²) in [6.45, 7) is 4.34. The molecule has 1 aliphatic carbocycles. The van der Waals surface area contributed by atoms with Gasteiger partial charge in [-0.05, 0) is 52.1 Å². The van der Waals surface area contributed by atoms with Gasteiger partial charge in [0.15, 0.2) is 0 Å². The van der Waals surface area contributed by atoms with E-state index in [9.17, 15) is 0 Å². The van der Waals surface area contributed by atoms with Gasteiger partial charge in [-0.2, -0.15) is 0 Å². The van der Waals surface area contributed by atoms with Crippen LogP contribution in [0.4, 0.5) is 0 Å². The first-order chi connectivity index (χ1) is 8.03. The third-order valence-corrected chi connectivity index (χ3v) is 3.94. The summed E-state index contributed by atoms with van der Waals surface area (Å²) in [6, 6.07) is 0. The van der Waals surface area contributed by atoms with Crippen molar-refractivity contribution < 1.29 is 5.11 Å². The number of rotatable bonds is 7. The average molecular weight is 242 g/mol. The van der Waals surface area contributed by atoms with Crippen LogP contribution in [0, 0.1) is 5.92 Å². The van der Waals surface area contributed by atoms with Gasteiger partial charge in [0.1, 0.15) is 0 Å². The second kappa shape index (κ2) is 7.34. The lowest BCUT2D eigenvalue weighted by Crippen LogP contribution is -2.40. The van der Waals surface area contributed by atoms with Crippen molar-refractivity contribution in [3.8, 4) is 0 Å². The highest BCUT2D eigenvalue weighted by Gasteiger charge is 2.18. The minimum atomic E-state index is -0.397. The van der Waals surface area contributed by atoms with Crippen molar-refractivity contribution >= 4 is 0 Å². The van der Waals surface area contributed by atoms with Crippen LogP contribution in [0.5, 0.6) is 0 Å². The molecule has 1 rings (SSSR count). The van der Waals surface area contributed by atoms with E-state index in [2.05, 4.69) is 11.9 Å². The topological polar surface area (TPSA) is 49.5 Å². The molecule has 1 unspecified atom stereocenters. The Bertz CT molecular complexity index is 200. The van der Waals surface area contributed by atoms with Gasteiger partial charge in [-0.1, -0.05) is 19.3 Å². The standard InChI is InChI=1S/C14H30N2O/c1-14(15,12-17)9-6-10-16(2)11-13-7-4-3-5-8-13/h13,17H,3-12,15H2,1-2H3. The maximum atomic E-state index is 9.08. The molecule has 0 aliphatic heterocycles. The maximum absolute atomic E-state index is 9.08. The van der Waals surface area contributed by atoms with Crippen molar-refractivity contribution in [1.82, 2.24) is 4.90 Å². The van der Waals surface area contributed by atoms with Crippen LogP contribution < -0.4 is 5.73 Å². The minimum absolute atomic E-state index is 0.0827. The van der Waals surface area contributed by atoms with Crippen LogP contribution in [0.2, 0.25) is 0 Å². The largest absolute Gasteiger partial charge is 0.394 e. The molecule has 0 aromatic rings. The molecule has 0 aromatic heterocycles. The molecule has 1 aliphatic rings. The summed E-state index contributed by atoms with van der Waals surface area (Å²) in [5.74, 6) is 0.913. The first kappa shape index (κ1) is 14.9. The Labute approximate surface area is 106 Å². The highest BCUT2D eigenvalue weighted by atomic mass is 16.3. The molecule has 102 valence electrons. The molecule has 0 aromatic carbocycles. The van der Waals surface area contributed by atoms with Gasteiger partial charge in [0.25, 0.3) is 0 Å². The monoisotopic (exact) mass is 242 g/mol. The lowest BCUT2D eigenvalue weighted by Gasteiger charge is -2.28. The number of hydrogen-bond donors (Lipinski definition) is 2. The molecule has 1 fully saturated rings. The molecule has 0 saturated heterocycles. The summed E-state index contributed by atoms with van der Waals surface area (Å²) in [7, 11) is 2.21. The van der Waals surface area contributed by atoms with Gasteiger partial charge in [0.05, 0.1) is 6.61 Å². The zero-order chi connectivity index (χ0) is 12.7. The summed E-state index contributed by atoms with van der Waals surface area (Å²) in [6.07, 6.45) is 9.08. The van der Waals surface area contributed by atoms with Gasteiger partial charge < -0.3 is 15.7 Å². The summed E-state index contributed by atoms with van der Waals surface area (Å²) in [4.78, 5) is 2.43. The fourth-order valence-electron chi connectivity index (χ4n) is 2.73. The fourth-order valence-corrected chi connectivity index (χ4v) is 2.73. The lowest BCUT2D eigenvalue weighted by atomic mass is 9.89. The number of nitrogens with zero attached hydrogens (tertiary/aromatic N) is 1. The molecule has 0 bridgehead atoms. The number of hydrogen-bond acceptors (Lipinski definition) is 3. The normalized spacial score (nSPS) is 21.7. The third-order valence-electron chi connectivity index (χ3n) is 3.94. The van der Waals surface area contributed by atoms with Crippen LogP contribution in [0.15, 0.2) is 0 Å². The maximum Gasteiger partial charge on any atom is 0.0608 e. The SMILES string of the molecule is CN(CCCC(C)(N)CO)CC1CCCCC1. The van der Waals surface area contributed by atoms with Crippen molar-refractivity contribution in [1.29, 1.82) is 0 Å². The zero-order valence-electron chi connectivity index (χ0n) is 11.6. The van der Waals surface area contributed by atoms with Crippen molar-refractivity contribution in [3.05, 3.63) is 0 Å². The quantitative estimate of drug-likeness (QED) is 0.718. The summed E-state index contributed by atoms with van der Waals surface area (Å²) in [5, 5.41) is 9.08. The molecule has 17 heavy (non-hydrogen) atoms. The third kappa shape index (κ3) is 6.39. The molecular weight excluding hydrogens is 212 g/mol. The lowest BCUT2D eigenvalue weighted by molar-refractivity contribution is 0.185. The second-order valence-electron chi connectivity index (χ2n) is 6.18. The van der Waals surface area contributed by atoms with E-state index < -0.39 is 5.54 Å². The summed E-state index contributed by atoms with van der Waals surface area (Å²) < 4.78 is 0. The van der Waals surface area contributed by atoms with Crippen molar-refractivity contribution in [2.75, 3.05) is 26.7 Å². The highest BCUT2D eigenvalue weighted by Crippen LogP contribution is 2.24. The Balaban J connectivity index is 2.10. The zero-order valence-corrected chi connectivity index (χ0v) is 11.6. The smallest absolute Gasteiger partial charge is 0.0608 e. The van der Waals surface area contributed by atoms with Gasteiger partial charge >= 0.3 is 0 Å². The predicted octanol–water partition coefficient (Wildman–Crippen LogP) is 1.99. The summed E-state index contributed by atoms with van der Waals surface area (Å²) >= 11 is 0. The first-order valence-electron chi connectivity index (χ1n) is 7.12.